The molecule has 0 aliphatic carbocycles. The molecule has 1 fully saturated rings. The number of hydrogen-bond donors (Lipinski definition) is 0. The summed E-state index contributed by atoms with van der Waals surface area (Å²) in [5.41, 5.74) is 7.81. The zero-order chi connectivity index (χ0) is 20.8. The highest BCUT2D eigenvalue weighted by molar-refractivity contribution is 5.88. The van der Waals surface area contributed by atoms with Gasteiger partial charge in [0, 0.05) is 35.6 Å². The van der Waals surface area contributed by atoms with Crippen molar-refractivity contribution in [2.45, 2.75) is 45.4 Å². The lowest BCUT2D eigenvalue weighted by Gasteiger charge is -2.28. The summed E-state index contributed by atoms with van der Waals surface area (Å²) < 4.78 is 4.76. The Bertz CT molecular complexity index is 1410. The fourth-order valence-corrected chi connectivity index (χ4v) is 5.28. The van der Waals surface area contributed by atoms with Gasteiger partial charge >= 0.3 is 0 Å². The van der Waals surface area contributed by atoms with E-state index in [1.54, 1.807) is 0 Å². The minimum Gasteiger partial charge on any atom is -0.372 e. The molecule has 2 aromatic carbocycles. The van der Waals surface area contributed by atoms with Gasteiger partial charge < -0.3 is 4.90 Å². The van der Waals surface area contributed by atoms with Crippen molar-refractivity contribution in [1.29, 1.82) is 0 Å². The second kappa shape index (κ2) is 7.56. The molecule has 6 rings (SSSR count). The molecule has 3 nitrogen and oxygen atoms in total. The van der Waals surface area contributed by atoms with Crippen molar-refractivity contribution in [3.63, 3.8) is 0 Å². The molecule has 156 valence electrons. The second-order valence-corrected chi connectivity index (χ2v) is 9.07. The molecule has 31 heavy (non-hydrogen) atoms. The molecule has 1 aliphatic rings. The highest BCUT2D eigenvalue weighted by Gasteiger charge is 2.18. The van der Waals surface area contributed by atoms with E-state index in [-0.39, 0.29) is 0 Å². The summed E-state index contributed by atoms with van der Waals surface area (Å²) in [5.74, 6) is 0. The zero-order valence-corrected chi connectivity index (χ0v) is 18.3. The maximum absolute atomic E-state index is 2.54. The van der Waals surface area contributed by atoms with E-state index < -0.39 is 0 Å². The Morgan fingerprint density at radius 3 is 2.58 bits per heavy atom. The Morgan fingerprint density at radius 2 is 1.71 bits per heavy atom. The van der Waals surface area contributed by atoms with Crippen LogP contribution in [0.15, 0.2) is 66.9 Å². The van der Waals surface area contributed by atoms with Gasteiger partial charge in [-0.25, -0.2) is 0 Å². The van der Waals surface area contributed by atoms with E-state index >= 15 is 0 Å². The molecule has 0 unspecified atom stereocenters. The van der Waals surface area contributed by atoms with E-state index in [9.17, 15) is 0 Å². The number of pyridine rings is 2. The van der Waals surface area contributed by atoms with Crippen molar-refractivity contribution in [3.05, 3.63) is 72.4 Å². The van der Waals surface area contributed by atoms with Crippen LogP contribution in [0.25, 0.3) is 33.0 Å². The van der Waals surface area contributed by atoms with Crippen LogP contribution in [-0.4, -0.2) is 17.5 Å². The van der Waals surface area contributed by atoms with E-state index in [1.807, 2.05) is 0 Å². The Kier molecular flexibility index (Phi) is 4.56. The zero-order valence-electron chi connectivity index (χ0n) is 18.3. The number of piperidine rings is 1. The normalized spacial score (nSPS) is 14.9. The average Bonchev–Trinajstić information content (AvgIpc) is 3.22. The van der Waals surface area contributed by atoms with Gasteiger partial charge in [-0.1, -0.05) is 19.4 Å². The van der Waals surface area contributed by atoms with Gasteiger partial charge in [-0.05, 0) is 86.2 Å². The van der Waals surface area contributed by atoms with Crippen LogP contribution in [0.2, 0.25) is 0 Å². The summed E-state index contributed by atoms with van der Waals surface area (Å²) in [4.78, 5) is 2.54. The summed E-state index contributed by atoms with van der Waals surface area (Å²) in [5, 5.41) is 2.63. The highest BCUT2D eigenvalue weighted by atomic mass is 15.1. The van der Waals surface area contributed by atoms with Crippen molar-refractivity contribution in [2.75, 3.05) is 18.0 Å². The third-order valence-electron chi connectivity index (χ3n) is 6.98. The van der Waals surface area contributed by atoms with E-state index in [1.165, 1.54) is 89.4 Å². The molecule has 0 saturated carbocycles. The number of unbranched alkanes of at least 4 members (excludes halogenated alkanes) is 1. The standard InChI is InChI=1S/C28H30N3/c1-2-3-7-21-8-13-26-22(18-21)10-15-28-30(26)20-25-11-9-23-19-24(12-14-27(23)31(25)28)29-16-5-4-6-17-29/h8-15,18-20H,2-7,16-17H2,1H3/q+1. The van der Waals surface area contributed by atoms with Gasteiger partial charge in [-0.2, -0.15) is 8.80 Å². The van der Waals surface area contributed by atoms with Gasteiger partial charge in [0.05, 0.1) is 0 Å². The predicted molar refractivity (Wildman–Crippen MR) is 130 cm³/mol. The molecule has 1 saturated heterocycles. The second-order valence-electron chi connectivity index (χ2n) is 9.07. The van der Waals surface area contributed by atoms with Crippen molar-refractivity contribution in [3.8, 4) is 0 Å². The molecule has 0 bridgehead atoms. The number of nitrogens with zero attached hydrogens (tertiary/aromatic N) is 3. The SMILES string of the molecule is CCCCc1ccc2c(ccc3n4c(ccc5cc(N6CCCCC6)ccc54)c[n+]23)c1. The highest BCUT2D eigenvalue weighted by Crippen LogP contribution is 2.27. The molecular weight excluding hydrogens is 378 g/mol. The first-order valence-electron chi connectivity index (χ1n) is 11.9. The third-order valence-corrected chi connectivity index (χ3v) is 6.98. The maximum Gasteiger partial charge on any atom is 0.292 e. The van der Waals surface area contributed by atoms with Crippen LogP contribution in [0.1, 0.15) is 44.6 Å². The first-order chi connectivity index (χ1) is 15.3. The number of fused-ring (bicyclic) bond motifs is 7. The van der Waals surface area contributed by atoms with Crippen molar-refractivity contribution >= 4 is 38.7 Å². The first-order valence-corrected chi connectivity index (χ1v) is 11.9. The molecule has 0 amide bonds. The van der Waals surface area contributed by atoms with Crippen LogP contribution in [-0.2, 0) is 6.42 Å². The summed E-state index contributed by atoms with van der Waals surface area (Å²) in [7, 11) is 0. The van der Waals surface area contributed by atoms with Gasteiger partial charge in [0.2, 0.25) is 0 Å². The van der Waals surface area contributed by atoms with Crippen LogP contribution in [0.5, 0.6) is 0 Å². The minimum absolute atomic E-state index is 1.16. The Labute approximate surface area is 183 Å². The summed E-state index contributed by atoms with van der Waals surface area (Å²) in [6.45, 7) is 4.62. The fourth-order valence-electron chi connectivity index (χ4n) is 5.28. The topological polar surface area (TPSA) is 11.8 Å². The van der Waals surface area contributed by atoms with Crippen molar-refractivity contribution in [1.82, 2.24) is 4.40 Å². The largest absolute Gasteiger partial charge is 0.372 e. The lowest BCUT2D eigenvalue weighted by Crippen LogP contribution is -2.29. The Hall–Kier alpha value is -3.07. The quantitative estimate of drug-likeness (QED) is 0.317. The van der Waals surface area contributed by atoms with Gasteiger partial charge in [-0.15, -0.1) is 0 Å². The van der Waals surface area contributed by atoms with Crippen molar-refractivity contribution < 1.29 is 4.40 Å². The lowest BCUT2D eigenvalue weighted by atomic mass is 10.1. The van der Waals surface area contributed by atoms with Gasteiger partial charge in [0.15, 0.2) is 5.52 Å². The number of benzene rings is 2. The summed E-state index contributed by atoms with van der Waals surface area (Å²) in [6, 6.07) is 23.1. The first kappa shape index (κ1) is 18.7. The van der Waals surface area contributed by atoms with E-state index in [0.29, 0.717) is 0 Å². The molecule has 0 spiro atoms. The number of rotatable bonds is 4. The molecule has 3 aromatic heterocycles. The number of imidazole rings is 1. The van der Waals surface area contributed by atoms with Crippen LogP contribution in [0.4, 0.5) is 5.69 Å². The predicted octanol–water partition coefficient (Wildman–Crippen LogP) is 6.32. The maximum atomic E-state index is 2.54. The van der Waals surface area contributed by atoms with Crippen LogP contribution in [0.3, 0.4) is 0 Å². The van der Waals surface area contributed by atoms with E-state index in [4.69, 9.17) is 0 Å². The molecule has 0 N–H and O–H groups in total. The third kappa shape index (κ3) is 3.15. The molecule has 0 radical (unpaired) electrons. The molecule has 0 atom stereocenters. The smallest absolute Gasteiger partial charge is 0.292 e. The van der Waals surface area contributed by atoms with E-state index in [2.05, 4.69) is 87.5 Å². The minimum atomic E-state index is 1.16. The molecule has 1 aliphatic heterocycles. The van der Waals surface area contributed by atoms with Crippen molar-refractivity contribution in [2.24, 2.45) is 0 Å². The van der Waals surface area contributed by atoms with E-state index in [0.717, 1.165) is 6.42 Å². The molecule has 3 heteroatoms. The van der Waals surface area contributed by atoms with Gasteiger partial charge in [0.25, 0.3) is 5.65 Å². The number of aromatic nitrogens is 2. The lowest BCUT2D eigenvalue weighted by molar-refractivity contribution is -0.479. The van der Waals surface area contributed by atoms with Crippen LogP contribution in [0, 0.1) is 0 Å². The summed E-state index contributed by atoms with van der Waals surface area (Å²) >= 11 is 0. The fraction of sp³-hybridized carbons (Fsp3) is 0.321. The van der Waals surface area contributed by atoms with Gasteiger partial charge in [0.1, 0.15) is 17.2 Å². The number of anilines is 1. The average molecular weight is 409 g/mol. The molecular formula is C28H30N3+. The summed E-state index contributed by atoms with van der Waals surface area (Å²) in [6.07, 6.45) is 9.92. The van der Waals surface area contributed by atoms with Gasteiger partial charge in [-0.3, -0.25) is 0 Å². The number of aryl methyl sites for hydroxylation is 1. The Morgan fingerprint density at radius 1 is 0.839 bits per heavy atom. The Balaban J connectivity index is 1.51. The molecule has 4 heterocycles. The monoisotopic (exact) mass is 408 g/mol. The molecule has 5 aromatic rings. The van der Waals surface area contributed by atoms with Crippen LogP contribution >= 0.6 is 0 Å². The number of hydrogen-bond acceptors (Lipinski definition) is 1. The van der Waals surface area contributed by atoms with Crippen LogP contribution < -0.4 is 9.30 Å².